The third-order valence-corrected chi connectivity index (χ3v) is 6.46. The van der Waals surface area contributed by atoms with E-state index in [2.05, 4.69) is 0 Å². The molecule has 0 aliphatic carbocycles. The molecule has 1 fully saturated rings. The Morgan fingerprint density at radius 1 is 1.45 bits per heavy atom. The van der Waals surface area contributed by atoms with E-state index in [1.807, 2.05) is 19.9 Å². The lowest BCUT2D eigenvalue weighted by Gasteiger charge is -2.34. The van der Waals surface area contributed by atoms with Crippen molar-refractivity contribution in [3.8, 4) is 0 Å². The van der Waals surface area contributed by atoms with Crippen molar-refractivity contribution in [1.82, 2.24) is 4.31 Å². The standard InChI is InChI=1S/C14H21ClN2O2S/c1-10-5-3-7-13(14(10)15)20(18,19)17-8-4-6-12(9-17)11(2)16/h3,5,7,11-12H,4,6,8-9,16H2,1-2H3. The van der Waals surface area contributed by atoms with Crippen molar-refractivity contribution in [3.05, 3.63) is 28.8 Å². The Hall–Kier alpha value is -0.620. The normalized spacial score (nSPS) is 22.7. The number of sulfonamides is 1. The van der Waals surface area contributed by atoms with Gasteiger partial charge in [-0.25, -0.2) is 8.42 Å². The van der Waals surface area contributed by atoms with Gasteiger partial charge in [-0.15, -0.1) is 0 Å². The van der Waals surface area contributed by atoms with Crippen LogP contribution < -0.4 is 5.73 Å². The summed E-state index contributed by atoms with van der Waals surface area (Å²) in [5.74, 6) is 0.210. The number of rotatable bonds is 3. The predicted octanol–water partition coefficient (Wildman–Crippen LogP) is 2.40. The van der Waals surface area contributed by atoms with Gasteiger partial charge in [0.2, 0.25) is 10.0 Å². The van der Waals surface area contributed by atoms with E-state index in [0.717, 1.165) is 18.4 Å². The maximum absolute atomic E-state index is 12.7. The Morgan fingerprint density at radius 2 is 2.15 bits per heavy atom. The Balaban J connectivity index is 2.33. The van der Waals surface area contributed by atoms with Gasteiger partial charge < -0.3 is 5.73 Å². The van der Waals surface area contributed by atoms with Crippen LogP contribution in [-0.4, -0.2) is 31.9 Å². The molecule has 1 aromatic rings. The lowest BCUT2D eigenvalue weighted by atomic mass is 9.93. The molecule has 0 amide bonds. The van der Waals surface area contributed by atoms with E-state index in [-0.39, 0.29) is 16.9 Å². The molecule has 2 atom stereocenters. The van der Waals surface area contributed by atoms with E-state index in [4.69, 9.17) is 17.3 Å². The topological polar surface area (TPSA) is 63.4 Å². The van der Waals surface area contributed by atoms with Crippen LogP contribution in [0.2, 0.25) is 5.02 Å². The summed E-state index contributed by atoms with van der Waals surface area (Å²) < 4.78 is 27.0. The number of hydrogen-bond donors (Lipinski definition) is 1. The number of hydrogen-bond acceptors (Lipinski definition) is 3. The molecule has 2 N–H and O–H groups in total. The second kappa shape index (κ2) is 6.02. The molecule has 112 valence electrons. The SMILES string of the molecule is Cc1cccc(S(=O)(=O)N2CCCC(C(C)N)C2)c1Cl. The summed E-state index contributed by atoms with van der Waals surface area (Å²) in [5, 5.41) is 0.315. The van der Waals surface area contributed by atoms with Crippen LogP contribution in [0, 0.1) is 12.8 Å². The van der Waals surface area contributed by atoms with Crippen LogP contribution in [-0.2, 0) is 10.0 Å². The largest absolute Gasteiger partial charge is 0.328 e. The molecule has 1 heterocycles. The maximum atomic E-state index is 12.7. The minimum absolute atomic E-state index is 0.000909. The fourth-order valence-corrected chi connectivity index (χ4v) is 4.67. The van der Waals surface area contributed by atoms with Crippen molar-refractivity contribution in [2.75, 3.05) is 13.1 Å². The van der Waals surface area contributed by atoms with Crippen LogP contribution in [0.25, 0.3) is 0 Å². The molecule has 0 spiro atoms. The van der Waals surface area contributed by atoms with Gasteiger partial charge in [0.05, 0.1) is 5.02 Å². The first-order valence-electron chi connectivity index (χ1n) is 6.85. The molecule has 0 radical (unpaired) electrons. The second-order valence-electron chi connectivity index (χ2n) is 5.51. The Bertz CT molecular complexity index is 587. The van der Waals surface area contributed by atoms with Crippen LogP contribution in [0.5, 0.6) is 0 Å². The summed E-state index contributed by atoms with van der Waals surface area (Å²) in [4.78, 5) is 0.199. The average Bonchev–Trinajstić information content (AvgIpc) is 2.41. The maximum Gasteiger partial charge on any atom is 0.244 e. The summed E-state index contributed by atoms with van der Waals surface area (Å²) in [6.45, 7) is 4.75. The quantitative estimate of drug-likeness (QED) is 0.931. The van der Waals surface area contributed by atoms with Crippen LogP contribution in [0.1, 0.15) is 25.3 Å². The van der Waals surface area contributed by atoms with E-state index >= 15 is 0 Å². The lowest BCUT2D eigenvalue weighted by molar-refractivity contribution is 0.243. The fourth-order valence-electron chi connectivity index (χ4n) is 2.58. The first-order chi connectivity index (χ1) is 9.34. The molecule has 4 nitrogen and oxygen atoms in total. The van der Waals surface area contributed by atoms with Crippen molar-refractivity contribution in [2.24, 2.45) is 11.7 Å². The van der Waals surface area contributed by atoms with Gasteiger partial charge in [-0.2, -0.15) is 4.31 Å². The Labute approximate surface area is 126 Å². The zero-order chi connectivity index (χ0) is 14.9. The minimum Gasteiger partial charge on any atom is -0.328 e. The van der Waals surface area contributed by atoms with E-state index in [0.29, 0.717) is 18.1 Å². The summed E-state index contributed by atoms with van der Waals surface area (Å²) in [6.07, 6.45) is 1.82. The molecule has 0 bridgehead atoms. The summed E-state index contributed by atoms with van der Waals surface area (Å²) in [7, 11) is -3.54. The van der Waals surface area contributed by atoms with Crippen LogP contribution >= 0.6 is 11.6 Å². The average molecular weight is 317 g/mol. The van der Waals surface area contributed by atoms with Crippen LogP contribution in [0.15, 0.2) is 23.1 Å². The van der Waals surface area contributed by atoms with Crippen molar-refractivity contribution >= 4 is 21.6 Å². The van der Waals surface area contributed by atoms with Crippen molar-refractivity contribution < 1.29 is 8.42 Å². The molecular weight excluding hydrogens is 296 g/mol. The number of halogens is 1. The van der Waals surface area contributed by atoms with Gasteiger partial charge in [-0.3, -0.25) is 0 Å². The first-order valence-corrected chi connectivity index (χ1v) is 8.66. The fraction of sp³-hybridized carbons (Fsp3) is 0.571. The molecule has 1 saturated heterocycles. The monoisotopic (exact) mass is 316 g/mol. The zero-order valence-corrected chi connectivity index (χ0v) is 13.4. The number of benzene rings is 1. The van der Waals surface area contributed by atoms with Gasteiger partial charge >= 0.3 is 0 Å². The van der Waals surface area contributed by atoms with Gasteiger partial charge in [0.25, 0.3) is 0 Å². The summed E-state index contributed by atoms with van der Waals surface area (Å²) in [6, 6.07) is 5.10. The molecule has 2 unspecified atom stereocenters. The molecule has 1 aliphatic heterocycles. The molecule has 1 aliphatic rings. The highest BCUT2D eigenvalue weighted by molar-refractivity contribution is 7.89. The van der Waals surface area contributed by atoms with Crippen molar-refractivity contribution in [1.29, 1.82) is 0 Å². The van der Waals surface area contributed by atoms with Gasteiger partial charge in [-0.1, -0.05) is 23.7 Å². The third kappa shape index (κ3) is 3.01. The first kappa shape index (κ1) is 15.8. The number of nitrogens with two attached hydrogens (primary N) is 1. The molecule has 2 rings (SSSR count). The van der Waals surface area contributed by atoms with E-state index in [9.17, 15) is 8.42 Å². The summed E-state index contributed by atoms with van der Waals surface area (Å²) >= 11 is 6.17. The highest BCUT2D eigenvalue weighted by Crippen LogP contribution is 2.30. The van der Waals surface area contributed by atoms with Crippen molar-refractivity contribution in [3.63, 3.8) is 0 Å². The predicted molar refractivity (Wildman–Crippen MR) is 81.3 cm³/mol. The van der Waals surface area contributed by atoms with E-state index in [1.54, 1.807) is 12.1 Å². The number of piperidine rings is 1. The van der Waals surface area contributed by atoms with Crippen molar-refractivity contribution in [2.45, 2.75) is 37.6 Å². The number of aryl methyl sites for hydroxylation is 1. The molecule has 6 heteroatoms. The van der Waals surface area contributed by atoms with Crippen LogP contribution in [0.3, 0.4) is 0 Å². The van der Waals surface area contributed by atoms with E-state index in [1.165, 1.54) is 4.31 Å². The van der Waals surface area contributed by atoms with Gasteiger partial charge in [0, 0.05) is 19.1 Å². The molecule has 0 aromatic heterocycles. The molecule has 1 aromatic carbocycles. The van der Waals surface area contributed by atoms with Gasteiger partial charge in [-0.05, 0) is 44.2 Å². The van der Waals surface area contributed by atoms with Gasteiger partial charge in [0.15, 0.2) is 0 Å². The highest BCUT2D eigenvalue weighted by atomic mass is 35.5. The lowest BCUT2D eigenvalue weighted by Crippen LogP contribution is -2.45. The minimum atomic E-state index is -3.54. The Morgan fingerprint density at radius 3 is 2.80 bits per heavy atom. The highest BCUT2D eigenvalue weighted by Gasteiger charge is 2.32. The molecular formula is C14H21ClN2O2S. The van der Waals surface area contributed by atoms with Crippen LogP contribution in [0.4, 0.5) is 0 Å². The van der Waals surface area contributed by atoms with Gasteiger partial charge in [0.1, 0.15) is 4.90 Å². The zero-order valence-electron chi connectivity index (χ0n) is 11.8. The smallest absolute Gasteiger partial charge is 0.244 e. The molecule has 20 heavy (non-hydrogen) atoms. The summed E-state index contributed by atoms with van der Waals surface area (Å²) in [5.41, 5.74) is 6.69. The number of nitrogens with zero attached hydrogens (tertiary/aromatic N) is 1. The Kier molecular flexibility index (Phi) is 4.74. The second-order valence-corrected chi connectivity index (χ2v) is 7.80. The van der Waals surface area contributed by atoms with E-state index < -0.39 is 10.0 Å². The molecule has 0 saturated carbocycles. The third-order valence-electron chi connectivity index (χ3n) is 3.94.